The number of amides is 1. The van der Waals surface area contributed by atoms with Gasteiger partial charge < -0.3 is 15.4 Å². The van der Waals surface area contributed by atoms with Gasteiger partial charge in [-0.25, -0.2) is 0 Å². The van der Waals surface area contributed by atoms with E-state index >= 15 is 0 Å². The van der Waals surface area contributed by atoms with Crippen molar-refractivity contribution in [2.45, 2.75) is 45.1 Å². The molecule has 2 fully saturated rings. The molecule has 0 aromatic rings. The molecule has 0 aromatic carbocycles. The van der Waals surface area contributed by atoms with Crippen LogP contribution in [0.25, 0.3) is 0 Å². The first-order valence-corrected chi connectivity index (χ1v) is 7.17. The Labute approximate surface area is 114 Å². The fourth-order valence-corrected chi connectivity index (χ4v) is 3.25. The van der Waals surface area contributed by atoms with Gasteiger partial charge in [-0.1, -0.05) is 12.2 Å². The molecule has 2 heterocycles. The summed E-state index contributed by atoms with van der Waals surface area (Å²) in [6.07, 6.45) is 4.62. The molecule has 0 radical (unpaired) electrons. The van der Waals surface area contributed by atoms with Gasteiger partial charge in [0.25, 0.3) is 0 Å². The van der Waals surface area contributed by atoms with Gasteiger partial charge >= 0.3 is 0 Å². The molecule has 2 rings (SSSR count). The zero-order valence-electron chi connectivity index (χ0n) is 11.0. The van der Waals surface area contributed by atoms with Gasteiger partial charge in [-0.05, 0) is 39.0 Å². The van der Waals surface area contributed by atoms with E-state index in [9.17, 15) is 4.79 Å². The lowest BCUT2D eigenvalue weighted by Crippen LogP contribution is -2.56. The zero-order chi connectivity index (χ0) is 13.2. The van der Waals surface area contributed by atoms with E-state index in [1.807, 2.05) is 4.90 Å². The summed E-state index contributed by atoms with van der Waals surface area (Å²) in [7, 11) is 0. The van der Waals surface area contributed by atoms with Crippen molar-refractivity contribution in [1.29, 1.82) is 0 Å². The van der Waals surface area contributed by atoms with Crippen molar-refractivity contribution in [3.63, 3.8) is 0 Å². The molecule has 1 amide bonds. The predicted octanol–water partition coefficient (Wildman–Crippen LogP) is 1.47. The number of nitrogens with two attached hydrogens (primary N) is 1. The van der Waals surface area contributed by atoms with Crippen molar-refractivity contribution >= 4 is 23.1 Å². The lowest BCUT2D eigenvalue weighted by molar-refractivity contribution is -0.145. The van der Waals surface area contributed by atoms with Crippen LogP contribution >= 0.6 is 12.2 Å². The highest BCUT2D eigenvalue weighted by Gasteiger charge is 2.46. The van der Waals surface area contributed by atoms with Crippen LogP contribution in [0.2, 0.25) is 0 Å². The second-order valence-corrected chi connectivity index (χ2v) is 5.84. The maximum atomic E-state index is 12.8. The SMILES string of the molecule is CC1CCCCN1C(=O)C1(C(N)=S)CCOCC1. The molecule has 5 heteroatoms. The minimum Gasteiger partial charge on any atom is -0.392 e. The van der Waals surface area contributed by atoms with Crippen LogP contribution < -0.4 is 5.73 Å². The average Bonchev–Trinajstić information content (AvgIpc) is 2.39. The number of thiocarbonyl (C=S) groups is 1. The first-order chi connectivity index (χ1) is 8.58. The van der Waals surface area contributed by atoms with E-state index in [0.717, 1.165) is 19.4 Å². The summed E-state index contributed by atoms with van der Waals surface area (Å²) in [6, 6.07) is 0.306. The number of rotatable bonds is 2. The van der Waals surface area contributed by atoms with Gasteiger partial charge in [0.15, 0.2) is 0 Å². The highest BCUT2D eigenvalue weighted by molar-refractivity contribution is 7.80. The van der Waals surface area contributed by atoms with Crippen LogP contribution in [-0.2, 0) is 9.53 Å². The number of carbonyl (C=O) groups is 1. The lowest BCUT2D eigenvalue weighted by Gasteiger charge is -2.42. The van der Waals surface area contributed by atoms with Crippen molar-refractivity contribution < 1.29 is 9.53 Å². The number of carbonyl (C=O) groups excluding carboxylic acids is 1. The quantitative estimate of drug-likeness (QED) is 0.772. The van der Waals surface area contributed by atoms with E-state index in [2.05, 4.69) is 6.92 Å². The summed E-state index contributed by atoms with van der Waals surface area (Å²) in [5, 5.41) is 0. The molecule has 4 nitrogen and oxygen atoms in total. The van der Waals surface area contributed by atoms with Gasteiger partial charge in [-0.15, -0.1) is 0 Å². The third-order valence-corrected chi connectivity index (χ3v) is 4.68. The molecular weight excluding hydrogens is 248 g/mol. The molecule has 2 saturated heterocycles. The number of hydrogen-bond donors (Lipinski definition) is 1. The fourth-order valence-electron chi connectivity index (χ4n) is 2.96. The van der Waals surface area contributed by atoms with Crippen LogP contribution in [-0.4, -0.2) is 41.6 Å². The number of nitrogens with zero attached hydrogens (tertiary/aromatic N) is 1. The molecule has 1 unspecified atom stereocenters. The molecule has 0 aromatic heterocycles. The molecule has 0 aliphatic carbocycles. The molecule has 2 N–H and O–H groups in total. The fraction of sp³-hybridized carbons (Fsp3) is 0.846. The van der Waals surface area contributed by atoms with Crippen molar-refractivity contribution in [2.75, 3.05) is 19.8 Å². The molecule has 0 bridgehead atoms. The van der Waals surface area contributed by atoms with E-state index in [1.165, 1.54) is 6.42 Å². The van der Waals surface area contributed by atoms with Gasteiger partial charge in [0.05, 0.1) is 4.99 Å². The molecule has 0 saturated carbocycles. The van der Waals surface area contributed by atoms with Gasteiger partial charge in [-0.2, -0.15) is 0 Å². The Morgan fingerprint density at radius 1 is 1.39 bits per heavy atom. The Balaban J connectivity index is 2.19. The number of hydrogen-bond acceptors (Lipinski definition) is 3. The predicted molar refractivity (Wildman–Crippen MR) is 74.3 cm³/mol. The second-order valence-electron chi connectivity index (χ2n) is 5.40. The monoisotopic (exact) mass is 270 g/mol. The van der Waals surface area contributed by atoms with Gasteiger partial charge in [-0.3, -0.25) is 4.79 Å². The van der Waals surface area contributed by atoms with E-state index < -0.39 is 5.41 Å². The van der Waals surface area contributed by atoms with Crippen molar-refractivity contribution in [3.8, 4) is 0 Å². The van der Waals surface area contributed by atoms with Crippen LogP contribution in [0.15, 0.2) is 0 Å². The van der Waals surface area contributed by atoms with Crippen LogP contribution in [0.3, 0.4) is 0 Å². The maximum Gasteiger partial charge on any atom is 0.236 e. The summed E-state index contributed by atoms with van der Waals surface area (Å²) >= 11 is 5.19. The summed E-state index contributed by atoms with van der Waals surface area (Å²) in [5.41, 5.74) is 5.23. The molecule has 2 aliphatic heterocycles. The van der Waals surface area contributed by atoms with Gasteiger partial charge in [0.2, 0.25) is 5.91 Å². The topological polar surface area (TPSA) is 55.6 Å². The molecule has 102 valence electrons. The second kappa shape index (κ2) is 5.53. The average molecular weight is 270 g/mol. The van der Waals surface area contributed by atoms with Crippen LogP contribution in [0, 0.1) is 5.41 Å². The highest BCUT2D eigenvalue weighted by Crippen LogP contribution is 2.35. The van der Waals surface area contributed by atoms with E-state index in [0.29, 0.717) is 37.1 Å². The first kappa shape index (κ1) is 13.7. The van der Waals surface area contributed by atoms with Gasteiger partial charge in [0.1, 0.15) is 5.41 Å². The Bertz CT molecular complexity index is 340. The molecule has 18 heavy (non-hydrogen) atoms. The van der Waals surface area contributed by atoms with Crippen LogP contribution in [0.5, 0.6) is 0 Å². The minimum atomic E-state index is -0.654. The largest absolute Gasteiger partial charge is 0.392 e. The van der Waals surface area contributed by atoms with Crippen molar-refractivity contribution in [2.24, 2.45) is 11.1 Å². The Hall–Kier alpha value is -0.680. The Kier molecular flexibility index (Phi) is 4.22. The molecule has 0 spiro atoms. The Morgan fingerprint density at radius 3 is 2.61 bits per heavy atom. The smallest absolute Gasteiger partial charge is 0.236 e. The normalized spacial score (nSPS) is 27.8. The van der Waals surface area contributed by atoms with Crippen molar-refractivity contribution in [1.82, 2.24) is 4.90 Å². The van der Waals surface area contributed by atoms with Crippen molar-refractivity contribution in [3.05, 3.63) is 0 Å². The third kappa shape index (κ3) is 2.38. The summed E-state index contributed by atoms with van der Waals surface area (Å²) in [6.45, 7) is 4.10. The van der Waals surface area contributed by atoms with Crippen LogP contribution in [0.4, 0.5) is 0 Å². The van der Waals surface area contributed by atoms with Crippen LogP contribution in [0.1, 0.15) is 39.0 Å². The van der Waals surface area contributed by atoms with E-state index in [-0.39, 0.29) is 5.91 Å². The zero-order valence-corrected chi connectivity index (χ0v) is 11.8. The molecular formula is C13H22N2O2S. The molecule has 2 aliphatic rings. The number of likely N-dealkylation sites (tertiary alicyclic amines) is 1. The summed E-state index contributed by atoms with van der Waals surface area (Å²) in [4.78, 5) is 15.2. The van der Waals surface area contributed by atoms with E-state index in [1.54, 1.807) is 0 Å². The van der Waals surface area contributed by atoms with E-state index in [4.69, 9.17) is 22.7 Å². The highest BCUT2D eigenvalue weighted by atomic mass is 32.1. The molecule has 1 atom stereocenters. The third-order valence-electron chi connectivity index (χ3n) is 4.29. The summed E-state index contributed by atoms with van der Waals surface area (Å²) < 4.78 is 5.35. The number of ether oxygens (including phenoxy) is 1. The minimum absolute atomic E-state index is 0.130. The first-order valence-electron chi connectivity index (χ1n) is 6.77. The number of piperidine rings is 1. The summed E-state index contributed by atoms with van der Waals surface area (Å²) in [5.74, 6) is 0.130. The standard InChI is InChI=1S/C13H22N2O2S/c1-10-4-2-3-7-15(10)12(16)13(11(14)18)5-8-17-9-6-13/h10H,2-9H2,1H3,(H2,14,18). The Morgan fingerprint density at radius 2 is 2.06 bits per heavy atom. The maximum absolute atomic E-state index is 12.8. The van der Waals surface area contributed by atoms with Gasteiger partial charge in [0, 0.05) is 25.8 Å². The lowest BCUT2D eigenvalue weighted by atomic mass is 9.78.